The van der Waals surface area contributed by atoms with Gasteiger partial charge in [0.2, 0.25) is 0 Å². The molecule has 5 heteroatoms. The van der Waals surface area contributed by atoms with Gasteiger partial charge in [0, 0.05) is 30.5 Å². The molecule has 112 valence electrons. The van der Waals surface area contributed by atoms with E-state index in [1.807, 2.05) is 16.9 Å². The number of piperidine rings is 1. The van der Waals surface area contributed by atoms with Crippen molar-refractivity contribution in [1.29, 1.82) is 0 Å². The first-order valence-electron chi connectivity index (χ1n) is 8.01. The van der Waals surface area contributed by atoms with E-state index < -0.39 is 0 Å². The second kappa shape index (κ2) is 4.70. The van der Waals surface area contributed by atoms with Crippen molar-refractivity contribution < 1.29 is 0 Å². The maximum atomic E-state index is 6.19. The van der Waals surface area contributed by atoms with Crippen molar-refractivity contribution in [3.63, 3.8) is 0 Å². The Morgan fingerprint density at radius 3 is 2.62 bits per heavy atom. The summed E-state index contributed by atoms with van der Waals surface area (Å²) in [6.07, 6.45) is 8.48. The Bertz CT molecular complexity index is 648. The molecule has 0 radical (unpaired) electrons. The largest absolute Gasteiger partial charge is 0.349 e. The number of nitrogens with zero attached hydrogens (tertiary/aromatic N) is 4. The molecular weight excluding hydrogens is 262 g/mol. The monoisotopic (exact) mass is 285 g/mol. The zero-order chi connectivity index (χ0) is 14.6. The Morgan fingerprint density at radius 1 is 1.24 bits per heavy atom. The highest BCUT2D eigenvalue weighted by Gasteiger charge is 2.41. The first-order chi connectivity index (χ1) is 10.1. The predicted molar refractivity (Wildman–Crippen MR) is 83.6 cm³/mol. The van der Waals surface area contributed by atoms with Gasteiger partial charge in [-0.3, -0.25) is 0 Å². The summed E-state index contributed by atoms with van der Waals surface area (Å²) in [5, 5.41) is 4.68. The summed E-state index contributed by atoms with van der Waals surface area (Å²) in [5.41, 5.74) is 8.45. The van der Waals surface area contributed by atoms with E-state index in [-0.39, 0.29) is 0 Å². The summed E-state index contributed by atoms with van der Waals surface area (Å²) < 4.78 is 1.98. The van der Waals surface area contributed by atoms with Crippen LogP contribution in [-0.2, 0) is 0 Å². The predicted octanol–water partition coefficient (Wildman–Crippen LogP) is 2.31. The van der Waals surface area contributed by atoms with Gasteiger partial charge in [0.25, 0.3) is 0 Å². The molecule has 2 aromatic rings. The minimum atomic E-state index is 0.356. The van der Waals surface area contributed by atoms with Gasteiger partial charge in [-0.05, 0) is 37.7 Å². The molecule has 0 spiro atoms. The van der Waals surface area contributed by atoms with Gasteiger partial charge in [-0.25, -0.2) is 9.50 Å². The van der Waals surface area contributed by atoms with E-state index in [1.54, 1.807) is 0 Å². The number of hydrogen-bond acceptors (Lipinski definition) is 4. The van der Waals surface area contributed by atoms with Crippen LogP contribution in [0.15, 0.2) is 18.5 Å². The second-order valence-electron chi connectivity index (χ2n) is 6.83. The fourth-order valence-corrected chi connectivity index (χ4v) is 3.97. The van der Waals surface area contributed by atoms with E-state index in [1.165, 1.54) is 12.8 Å². The molecule has 5 nitrogen and oxygen atoms in total. The molecule has 2 unspecified atom stereocenters. The van der Waals surface area contributed by atoms with Gasteiger partial charge >= 0.3 is 0 Å². The molecule has 2 aliphatic rings. The molecule has 4 heterocycles. The van der Waals surface area contributed by atoms with Crippen LogP contribution in [0.25, 0.3) is 5.52 Å². The van der Waals surface area contributed by atoms with Crippen molar-refractivity contribution in [3.8, 4) is 0 Å². The summed E-state index contributed by atoms with van der Waals surface area (Å²) >= 11 is 0. The molecule has 2 bridgehead atoms. The van der Waals surface area contributed by atoms with Gasteiger partial charge in [0.1, 0.15) is 5.52 Å². The van der Waals surface area contributed by atoms with Gasteiger partial charge in [-0.1, -0.05) is 13.8 Å². The SMILES string of the molecule is CC(C)c1cc2c(N3C4CCC3CC(N)C4)nccn2n1. The van der Waals surface area contributed by atoms with Crippen molar-refractivity contribution in [2.75, 3.05) is 4.90 Å². The summed E-state index contributed by atoms with van der Waals surface area (Å²) in [6, 6.07) is 3.65. The van der Waals surface area contributed by atoms with Crippen LogP contribution in [0.2, 0.25) is 0 Å². The number of fused-ring (bicyclic) bond motifs is 3. The highest BCUT2D eigenvalue weighted by Crippen LogP contribution is 2.39. The lowest BCUT2D eigenvalue weighted by Crippen LogP contribution is -2.48. The summed E-state index contributed by atoms with van der Waals surface area (Å²) in [4.78, 5) is 7.21. The normalized spacial score (nSPS) is 28.8. The second-order valence-corrected chi connectivity index (χ2v) is 6.83. The Kier molecular flexibility index (Phi) is 2.92. The molecule has 0 saturated carbocycles. The van der Waals surface area contributed by atoms with E-state index in [0.29, 0.717) is 24.0 Å². The van der Waals surface area contributed by atoms with Crippen LogP contribution in [-0.4, -0.2) is 32.7 Å². The highest BCUT2D eigenvalue weighted by atomic mass is 15.3. The zero-order valence-corrected chi connectivity index (χ0v) is 12.7. The maximum absolute atomic E-state index is 6.19. The van der Waals surface area contributed by atoms with Crippen molar-refractivity contribution in [1.82, 2.24) is 14.6 Å². The van der Waals surface area contributed by atoms with Crippen LogP contribution < -0.4 is 10.6 Å². The van der Waals surface area contributed by atoms with E-state index in [4.69, 9.17) is 10.7 Å². The molecule has 2 aliphatic heterocycles. The molecule has 2 fully saturated rings. The van der Waals surface area contributed by atoms with E-state index in [0.717, 1.165) is 29.9 Å². The Hall–Kier alpha value is -1.62. The molecular formula is C16H23N5. The lowest BCUT2D eigenvalue weighted by atomic mass is 9.98. The van der Waals surface area contributed by atoms with Crippen LogP contribution in [0.4, 0.5) is 5.82 Å². The first-order valence-corrected chi connectivity index (χ1v) is 8.01. The summed E-state index contributed by atoms with van der Waals surface area (Å²) in [7, 11) is 0. The molecule has 0 aromatic carbocycles. The van der Waals surface area contributed by atoms with E-state index in [2.05, 4.69) is 29.9 Å². The van der Waals surface area contributed by atoms with Gasteiger partial charge < -0.3 is 10.6 Å². The zero-order valence-electron chi connectivity index (χ0n) is 12.7. The minimum Gasteiger partial charge on any atom is -0.349 e. The van der Waals surface area contributed by atoms with Gasteiger partial charge in [0.15, 0.2) is 5.82 Å². The Balaban J connectivity index is 1.80. The lowest BCUT2D eigenvalue weighted by molar-refractivity contribution is 0.412. The van der Waals surface area contributed by atoms with Crippen molar-refractivity contribution in [2.24, 2.45) is 5.73 Å². The van der Waals surface area contributed by atoms with E-state index >= 15 is 0 Å². The summed E-state index contributed by atoms with van der Waals surface area (Å²) in [6.45, 7) is 4.36. The van der Waals surface area contributed by atoms with Crippen molar-refractivity contribution >= 4 is 11.3 Å². The number of rotatable bonds is 2. The standard InChI is InChI=1S/C16H23N5/c1-10(2)14-9-15-16(18-5-6-20(15)19-14)21-12-3-4-13(21)8-11(17)7-12/h5-6,9-13H,3-4,7-8,17H2,1-2H3. The molecule has 2 atom stereocenters. The highest BCUT2D eigenvalue weighted by molar-refractivity contribution is 5.70. The number of nitrogens with two attached hydrogens (primary N) is 1. The van der Waals surface area contributed by atoms with Crippen LogP contribution in [0.1, 0.15) is 51.1 Å². The smallest absolute Gasteiger partial charge is 0.155 e. The fraction of sp³-hybridized carbons (Fsp3) is 0.625. The van der Waals surface area contributed by atoms with Gasteiger partial charge in [-0.2, -0.15) is 5.10 Å². The van der Waals surface area contributed by atoms with Crippen LogP contribution in [0.5, 0.6) is 0 Å². The molecule has 2 aromatic heterocycles. The number of hydrogen-bond donors (Lipinski definition) is 1. The number of aromatic nitrogens is 3. The van der Waals surface area contributed by atoms with Crippen molar-refractivity contribution in [2.45, 2.75) is 63.6 Å². The third-order valence-electron chi connectivity index (χ3n) is 4.99. The van der Waals surface area contributed by atoms with Gasteiger partial charge in [0.05, 0.1) is 5.69 Å². The molecule has 0 amide bonds. The third-order valence-corrected chi connectivity index (χ3v) is 4.99. The Morgan fingerprint density at radius 2 is 1.95 bits per heavy atom. The number of anilines is 1. The molecule has 4 rings (SSSR count). The lowest BCUT2D eigenvalue weighted by Gasteiger charge is -2.38. The topological polar surface area (TPSA) is 59.5 Å². The molecule has 21 heavy (non-hydrogen) atoms. The van der Waals surface area contributed by atoms with Crippen LogP contribution >= 0.6 is 0 Å². The maximum Gasteiger partial charge on any atom is 0.155 e. The molecule has 2 saturated heterocycles. The average Bonchev–Trinajstić information content (AvgIpc) is 2.98. The van der Waals surface area contributed by atoms with Crippen LogP contribution in [0.3, 0.4) is 0 Å². The Labute approximate surface area is 125 Å². The fourth-order valence-electron chi connectivity index (χ4n) is 3.97. The molecule has 2 N–H and O–H groups in total. The minimum absolute atomic E-state index is 0.356. The quantitative estimate of drug-likeness (QED) is 0.920. The van der Waals surface area contributed by atoms with Gasteiger partial charge in [-0.15, -0.1) is 0 Å². The van der Waals surface area contributed by atoms with Crippen LogP contribution in [0, 0.1) is 0 Å². The van der Waals surface area contributed by atoms with E-state index in [9.17, 15) is 0 Å². The first kappa shape index (κ1) is 13.1. The third kappa shape index (κ3) is 2.02. The van der Waals surface area contributed by atoms with Crippen molar-refractivity contribution in [3.05, 3.63) is 24.2 Å². The molecule has 0 aliphatic carbocycles. The average molecular weight is 285 g/mol. The summed E-state index contributed by atoms with van der Waals surface area (Å²) in [5.74, 6) is 1.53.